The Morgan fingerprint density at radius 1 is 1.19 bits per heavy atom. The number of rotatable bonds is 7. The van der Waals surface area contributed by atoms with Gasteiger partial charge in [0.1, 0.15) is 0 Å². The van der Waals surface area contributed by atoms with Crippen molar-refractivity contribution in [2.24, 2.45) is 10.9 Å². The lowest BCUT2D eigenvalue weighted by atomic mass is 10.2. The Kier molecular flexibility index (Phi) is 11.3. The van der Waals surface area contributed by atoms with Gasteiger partial charge in [0.25, 0.3) is 0 Å². The maximum absolute atomic E-state index is 5.73. The number of aliphatic imine (C=N–C) groups is 1. The van der Waals surface area contributed by atoms with E-state index in [1.807, 2.05) is 18.2 Å². The quantitative estimate of drug-likeness (QED) is 0.417. The van der Waals surface area contributed by atoms with Crippen LogP contribution in [-0.2, 0) is 11.3 Å². The van der Waals surface area contributed by atoms with Crippen LogP contribution in [0.3, 0.4) is 0 Å². The Hall–Kier alpha value is -0.820. The number of hydrogen-bond acceptors (Lipinski definition) is 2. The molecular formula is C16H28IN3O. The number of benzene rings is 1. The molecule has 120 valence electrons. The zero-order chi connectivity index (χ0) is 14.8. The van der Waals surface area contributed by atoms with E-state index in [0.29, 0.717) is 18.6 Å². The molecule has 1 atom stereocenters. The maximum Gasteiger partial charge on any atom is 0.191 e. The molecule has 0 aromatic heterocycles. The lowest BCUT2D eigenvalue weighted by molar-refractivity contribution is 0.0931. The van der Waals surface area contributed by atoms with Crippen LogP contribution in [0, 0.1) is 5.92 Å². The molecule has 4 nitrogen and oxygen atoms in total. The molecule has 0 bridgehead atoms. The lowest BCUT2D eigenvalue weighted by Crippen LogP contribution is -2.43. The van der Waals surface area contributed by atoms with Crippen LogP contribution in [0.15, 0.2) is 35.3 Å². The Bertz CT molecular complexity index is 396. The Labute approximate surface area is 145 Å². The fourth-order valence-corrected chi connectivity index (χ4v) is 1.75. The van der Waals surface area contributed by atoms with E-state index in [1.54, 1.807) is 7.05 Å². The topological polar surface area (TPSA) is 45.7 Å². The summed E-state index contributed by atoms with van der Waals surface area (Å²) < 4.78 is 5.73. The maximum atomic E-state index is 5.73. The van der Waals surface area contributed by atoms with E-state index in [1.165, 1.54) is 5.56 Å². The molecule has 0 aliphatic rings. The van der Waals surface area contributed by atoms with Crippen LogP contribution in [0.2, 0.25) is 0 Å². The van der Waals surface area contributed by atoms with E-state index in [2.05, 4.69) is 48.5 Å². The highest BCUT2D eigenvalue weighted by Gasteiger charge is 2.05. The van der Waals surface area contributed by atoms with Gasteiger partial charge in [-0.05, 0) is 25.3 Å². The monoisotopic (exact) mass is 405 g/mol. The average molecular weight is 405 g/mol. The van der Waals surface area contributed by atoms with Gasteiger partial charge in [-0.3, -0.25) is 4.99 Å². The van der Waals surface area contributed by atoms with Gasteiger partial charge < -0.3 is 15.4 Å². The van der Waals surface area contributed by atoms with Crippen LogP contribution in [0.5, 0.6) is 0 Å². The molecule has 0 saturated heterocycles. The number of hydrogen-bond donors (Lipinski definition) is 2. The first-order chi connectivity index (χ1) is 9.61. The number of guanidine groups is 1. The molecule has 1 rings (SSSR count). The second kappa shape index (κ2) is 11.8. The predicted octanol–water partition coefficient (Wildman–Crippen LogP) is 3.03. The van der Waals surface area contributed by atoms with E-state index in [9.17, 15) is 0 Å². The van der Waals surface area contributed by atoms with E-state index in [4.69, 9.17) is 4.74 Å². The first-order valence-electron chi connectivity index (χ1n) is 7.20. The summed E-state index contributed by atoms with van der Waals surface area (Å²) in [5, 5.41) is 6.57. The Morgan fingerprint density at radius 3 is 2.43 bits per heavy atom. The molecule has 5 heteroatoms. The number of nitrogens with zero attached hydrogens (tertiary/aromatic N) is 1. The molecule has 0 fully saturated rings. The number of halogens is 1. The lowest BCUT2D eigenvalue weighted by Gasteiger charge is -2.17. The molecule has 0 heterocycles. The minimum atomic E-state index is 0. The Balaban J connectivity index is 0.00000400. The molecule has 21 heavy (non-hydrogen) atoms. The van der Waals surface area contributed by atoms with Crippen LogP contribution < -0.4 is 10.6 Å². The molecule has 0 aliphatic carbocycles. The third-order valence-corrected chi connectivity index (χ3v) is 2.78. The van der Waals surface area contributed by atoms with E-state index in [-0.39, 0.29) is 24.0 Å². The van der Waals surface area contributed by atoms with E-state index >= 15 is 0 Å². The highest BCUT2D eigenvalue weighted by Crippen LogP contribution is 2.02. The zero-order valence-electron chi connectivity index (χ0n) is 13.4. The van der Waals surface area contributed by atoms with Gasteiger partial charge in [-0.2, -0.15) is 0 Å². The molecule has 0 aliphatic heterocycles. The highest BCUT2D eigenvalue weighted by molar-refractivity contribution is 14.0. The van der Waals surface area contributed by atoms with Crippen molar-refractivity contribution in [1.29, 1.82) is 0 Å². The first kappa shape index (κ1) is 20.2. The van der Waals surface area contributed by atoms with Crippen LogP contribution in [0.1, 0.15) is 26.3 Å². The molecule has 1 aromatic rings. The second-order valence-electron chi connectivity index (χ2n) is 5.36. The van der Waals surface area contributed by atoms with Gasteiger partial charge in [0.05, 0.1) is 13.2 Å². The summed E-state index contributed by atoms with van der Waals surface area (Å²) in [4.78, 5) is 4.18. The van der Waals surface area contributed by atoms with Crippen LogP contribution in [0.25, 0.3) is 0 Å². The molecular weight excluding hydrogens is 377 g/mol. The van der Waals surface area contributed by atoms with Gasteiger partial charge in [-0.15, -0.1) is 24.0 Å². The molecule has 0 radical (unpaired) electrons. The zero-order valence-corrected chi connectivity index (χ0v) is 15.8. The number of ether oxygens (including phenoxy) is 1. The minimum absolute atomic E-state index is 0. The van der Waals surface area contributed by atoms with Crippen LogP contribution in [0.4, 0.5) is 0 Å². The van der Waals surface area contributed by atoms with Crippen LogP contribution in [-0.4, -0.2) is 32.2 Å². The smallest absolute Gasteiger partial charge is 0.191 e. The van der Waals surface area contributed by atoms with Crippen molar-refractivity contribution in [2.75, 3.05) is 20.2 Å². The van der Waals surface area contributed by atoms with Crippen molar-refractivity contribution in [1.82, 2.24) is 10.6 Å². The van der Waals surface area contributed by atoms with Crippen molar-refractivity contribution in [2.45, 2.75) is 33.4 Å². The summed E-state index contributed by atoms with van der Waals surface area (Å²) in [6, 6.07) is 10.6. The third-order valence-electron chi connectivity index (χ3n) is 2.78. The predicted molar refractivity (Wildman–Crippen MR) is 100 cm³/mol. The van der Waals surface area contributed by atoms with Gasteiger partial charge in [-0.1, -0.05) is 37.3 Å². The largest absolute Gasteiger partial charge is 0.376 e. The van der Waals surface area contributed by atoms with Gasteiger partial charge in [0, 0.05) is 19.6 Å². The molecule has 0 spiro atoms. The molecule has 0 saturated carbocycles. The van der Waals surface area contributed by atoms with Gasteiger partial charge in [0.2, 0.25) is 0 Å². The summed E-state index contributed by atoms with van der Waals surface area (Å²) in [5.74, 6) is 1.28. The van der Waals surface area contributed by atoms with Crippen molar-refractivity contribution < 1.29 is 4.74 Å². The molecule has 1 unspecified atom stereocenters. The SMILES string of the molecule is CN=C(NCC(C)COCc1ccccc1)NC(C)C.I. The number of nitrogens with one attached hydrogen (secondary N) is 2. The third kappa shape index (κ3) is 9.68. The van der Waals surface area contributed by atoms with Gasteiger partial charge >= 0.3 is 0 Å². The van der Waals surface area contributed by atoms with Crippen molar-refractivity contribution in [3.8, 4) is 0 Å². The molecule has 1 aromatic carbocycles. The van der Waals surface area contributed by atoms with Crippen molar-refractivity contribution >= 4 is 29.9 Å². The van der Waals surface area contributed by atoms with E-state index < -0.39 is 0 Å². The summed E-state index contributed by atoms with van der Waals surface area (Å²) in [7, 11) is 1.79. The van der Waals surface area contributed by atoms with E-state index in [0.717, 1.165) is 19.1 Å². The minimum Gasteiger partial charge on any atom is -0.376 e. The highest BCUT2D eigenvalue weighted by atomic mass is 127. The average Bonchev–Trinajstić information content (AvgIpc) is 2.44. The fraction of sp³-hybridized carbons (Fsp3) is 0.562. The second-order valence-corrected chi connectivity index (χ2v) is 5.36. The summed E-state index contributed by atoms with van der Waals surface area (Å²) in [6.45, 7) is 8.62. The molecule has 0 amide bonds. The standard InChI is InChI=1S/C16H27N3O.HI/c1-13(2)19-16(17-4)18-10-14(3)11-20-12-15-8-6-5-7-9-15;/h5-9,13-14H,10-12H2,1-4H3,(H2,17,18,19);1H. The summed E-state index contributed by atoms with van der Waals surface area (Å²) in [6.07, 6.45) is 0. The Morgan fingerprint density at radius 2 is 1.86 bits per heavy atom. The first-order valence-corrected chi connectivity index (χ1v) is 7.20. The normalized spacial score (nSPS) is 12.7. The van der Waals surface area contributed by atoms with Crippen LogP contribution >= 0.6 is 24.0 Å². The summed E-state index contributed by atoms with van der Waals surface area (Å²) in [5.41, 5.74) is 1.21. The van der Waals surface area contributed by atoms with Gasteiger partial charge in [0.15, 0.2) is 5.96 Å². The fourth-order valence-electron chi connectivity index (χ4n) is 1.75. The van der Waals surface area contributed by atoms with Crippen molar-refractivity contribution in [3.63, 3.8) is 0 Å². The molecule has 2 N–H and O–H groups in total. The van der Waals surface area contributed by atoms with Gasteiger partial charge in [-0.25, -0.2) is 0 Å². The van der Waals surface area contributed by atoms with Crippen molar-refractivity contribution in [3.05, 3.63) is 35.9 Å². The summed E-state index contributed by atoms with van der Waals surface area (Å²) >= 11 is 0.